The average molecular weight is 299 g/mol. The molecule has 1 aromatic rings. The standard InChI is InChI=1S/C17H21N3O2/c1-12-3-2-6-20(12)17(22)15-10-19(11-15)9-13-4-5-16(21)14(7-13)8-18/h4-5,7,12,15,21H,2-3,6,9-11H2,1H3/t12-/m1/s1. The van der Waals surface area contributed by atoms with Gasteiger partial charge >= 0.3 is 0 Å². The minimum atomic E-state index is 0.0194. The number of rotatable bonds is 3. The highest BCUT2D eigenvalue weighted by atomic mass is 16.3. The Morgan fingerprint density at radius 3 is 2.86 bits per heavy atom. The molecule has 0 spiro atoms. The van der Waals surface area contributed by atoms with E-state index >= 15 is 0 Å². The van der Waals surface area contributed by atoms with E-state index in [9.17, 15) is 9.90 Å². The third kappa shape index (κ3) is 2.79. The predicted molar refractivity (Wildman–Crippen MR) is 82.0 cm³/mol. The minimum absolute atomic E-state index is 0.0194. The van der Waals surface area contributed by atoms with Gasteiger partial charge in [0.2, 0.25) is 5.91 Å². The first-order chi connectivity index (χ1) is 10.6. The molecule has 0 unspecified atom stereocenters. The zero-order valence-electron chi connectivity index (χ0n) is 12.8. The van der Waals surface area contributed by atoms with Gasteiger partial charge < -0.3 is 10.0 Å². The summed E-state index contributed by atoms with van der Waals surface area (Å²) >= 11 is 0. The molecular formula is C17H21N3O2. The second-order valence-corrected chi connectivity index (χ2v) is 6.38. The van der Waals surface area contributed by atoms with Crippen LogP contribution in [0.5, 0.6) is 5.75 Å². The van der Waals surface area contributed by atoms with Gasteiger partial charge in [-0.25, -0.2) is 0 Å². The van der Waals surface area contributed by atoms with Crippen molar-refractivity contribution in [3.05, 3.63) is 29.3 Å². The molecule has 5 heteroatoms. The van der Waals surface area contributed by atoms with Crippen LogP contribution >= 0.6 is 0 Å². The molecule has 2 saturated heterocycles. The van der Waals surface area contributed by atoms with Gasteiger partial charge in [0.15, 0.2) is 0 Å². The fourth-order valence-electron chi connectivity index (χ4n) is 3.38. The maximum Gasteiger partial charge on any atom is 0.228 e. The minimum Gasteiger partial charge on any atom is -0.507 e. The van der Waals surface area contributed by atoms with Crippen LogP contribution in [0.25, 0.3) is 0 Å². The van der Waals surface area contributed by atoms with E-state index in [2.05, 4.69) is 11.8 Å². The first kappa shape index (κ1) is 14.9. The molecule has 1 amide bonds. The molecule has 0 saturated carbocycles. The highest BCUT2D eigenvalue weighted by molar-refractivity contribution is 5.80. The zero-order chi connectivity index (χ0) is 15.7. The van der Waals surface area contributed by atoms with Gasteiger partial charge in [-0.2, -0.15) is 5.26 Å². The monoisotopic (exact) mass is 299 g/mol. The summed E-state index contributed by atoms with van der Waals surface area (Å²) in [7, 11) is 0. The van der Waals surface area contributed by atoms with Crippen LogP contribution in [0, 0.1) is 17.2 Å². The lowest BCUT2D eigenvalue weighted by molar-refractivity contribution is -0.141. The molecule has 22 heavy (non-hydrogen) atoms. The van der Waals surface area contributed by atoms with Crippen LogP contribution < -0.4 is 0 Å². The number of carbonyl (C=O) groups is 1. The topological polar surface area (TPSA) is 67.6 Å². The van der Waals surface area contributed by atoms with Crippen LogP contribution in [0.2, 0.25) is 0 Å². The molecule has 1 atom stereocenters. The van der Waals surface area contributed by atoms with Crippen LogP contribution in [0.4, 0.5) is 0 Å². The number of benzene rings is 1. The third-order valence-electron chi connectivity index (χ3n) is 4.73. The Labute approximate surface area is 130 Å². The molecule has 2 fully saturated rings. The van der Waals surface area contributed by atoms with E-state index in [4.69, 9.17) is 5.26 Å². The van der Waals surface area contributed by atoms with Crippen LogP contribution in [0.1, 0.15) is 30.9 Å². The first-order valence-electron chi connectivity index (χ1n) is 7.83. The van der Waals surface area contributed by atoms with E-state index in [1.165, 1.54) is 0 Å². The Hall–Kier alpha value is -2.06. The van der Waals surface area contributed by atoms with E-state index in [0.29, 0.717) is 24.1 Å². The third-order valence-corrected chi connectivity index (χ3v) is 4.73. The molecule has 0 aliphatic carbocycles. The number of amides is 1. The van der Waals surface area contributed by atoms with Crippen molar-refractivity contribution in [1.29, 1.82) is 5.26 Å². The van der Waals surface area contributed by atoms with Gasteiger partial charge in [0.25, 0.3) is 0 Å². The Kier molecular flexibility index (Phi) is 4.04. The number of nitrogens with zero attached hydrogens (tertiary/aromatic N) is 3. The molecule has 3 rings (SSSR count). The second kappa shape index (κ2) is 5.98. The van der Waals surface area contributed by atoms with E-state index in [1.807, 2.05) is 17.0 Å². The molecule has 0 aromatic heterocycles. The van der Waals surface area contributed by atoms with Crippen molar-refractivity contribution < 1.29 is 9.90 Å². The van der Waals surface area contributed by atoms with Crippen molar-refractivity contribution >= 4 is 5.91 Å². The van der Waals surface area contributed by atoms with Gasteiger partial charge in [-0.05, 0) is 37.5 Å². The number of aromatic hydroxyl groups is 1. The second-order valence-electron chi connectivity index (χ2n) is 6.38. The SMILES string of the molecule is C[C@@H]1CCCN1C(=O)C1CN(Cc2ccc(O)c(C#N)c2)C1. The lowest BCUT2D eigenvalue weighted by atomic mass is 9.97. The summed E-state index contributed by atoms with van der Waals surface area (Å²) in [5.74, 6) is 0.434. The predicted octanol–water partition coefficient (Wildman–Crippen LogP) is 1.71. The normalized spacial score (nSPS) is 22.4. The molecule has 1 aromatic carbocycles. The molecule has 2 aliphatic heterocycles. The number of carbonyl (C=O) groups excluding carboxylic acids is 1. The molecule has 0 radical (unpaired) electrons. The van der Waals surface area contributed by atoms with Crippen LogP contribution in [0.15, 0.2) is 18.2 Å². The van der Waals surface area contributed by atoms with Crippen molar-refractivity contribution in [3.8, 4) is 11.8 Å². The van der Waals surface area contributed by atoms with Crippen LogP contribution in [-0.2, 0) is 11.3 Å². The lowest BCUT2D eigenvalue weighted by Crippen LogP contribution is -2.54. The smallest absolute Gasteiger partial charge is 0.228 e. The van der Waals surface area contributed by atoms with Gasteiger partial charge in [-0.3, -0.25) is 9.69 Å². The number of phenolic OH excluding ortho intramolecular Hbond substituents is 1. The van der Waals surface area contributed by atoms with Gasteiger partial charge in [0.1, 0.15) is 11.8 Å². The quantitative estimate of drug-likeness (QED) is 0.922. The molecule has 2 aliphatic rings. The Morgan fingerprint density at radius 2 is 2.23 bits per heavy atom. The molecule has 116 valence electrons. The molecule has 2 heterocycles. The van der Waals surface area contributed by atoms with E-state index < -0.39 is 0 Å². The maximum absolute atomic E-state index is 12.4. The van der Waals surface area contributed by atoms with Crippen molar-refractivity contribution in [3.63, 3.8) is 0 Å². The highest BCUT2D eigenvalue weighted by Crippen LogP contribution is 2.26. The largest absolute Gasteiger partial charge is 0.507 e. The first-order valence-corrected chi connectivity index (χ1v) is 7.83. The lowest BCUT2D eigenvalue weighted by Gasteiger charge is -2.40. The summed E-state index contributed by atoms with van der Waals surface area (Å²) in [6.07, 6.45) is 2.24. The summed E-state index contributed by atoms with van der Waals surface area (Å²) < 4.78 is 0. The maximum atomic E-state index is 12.4. The van der Waals surface area contributed by atoms with E-state index in [1.54, 1.807) is 12.1 Å². The number of likely N-dealkylation sites (tertiary alicyclic amines) is 2. The molecular weight excluding hydrogens is 278 g/mol. The number of hydrogen-bond donors (Lipinski definition) is 1. The van der Waals surface area contributed by atoms with E-state index in [0.717, 1.165) is 38.0 Å². The van der Waals surface area contributed by atoms with Crippen molar-refractivity contribution in [1.82, 2.24) is 9.80 Å². The molecule has 0 bridgehead atoms. The number of nitriles is 1. The molecule has 1 N–H and O–H groups in total. The summed E-state index contributed by atoms with van der Waals surface area (Å²) in [5, 5.41) is 18.5. The van der Waals surface area contributed by atoms with Gasteiger partial charge in [0, 0.05) is 32.2 Å². The Bertz CT molecular complexity index is 617. The fraction of sp³-hybridized carbons (Fsp3) is 0.529. The number of phenols is 1. The van der Waals surface area contributed by atoms with E-state index in [-0.39, 0.29) is 11.7 Å². The summed E-state index contributed by atoms with van der Waals surface area (Å²) in [4.78, 5) is 16.6. The van der Waals surface area contributed by atoms with Gasteiger partial charge in [0.05, 0.1) is 11.5 Å². The number of hydrogen-bond acceptors (Lipinski definition) is 4. The van der Waals surface area contributed by atoms with Crippen molar-refractivity contribution in [2.45, 2.75) is 32.4 Å². The van der Waals surface area contributed by atoms with Gasteiger partial charge in [-0.1, -0.05) is 6.07 Å². The molecule has 5 nitrogen and oxygen atoms in total. The average Bonchev–Trinajstić information content (AvgIpc) is 2.89. The Balaban J connectivity index is 1.54. The van der Waals surface area contributed by atoms with Crippen LogP contribution in [0.3, 0.4) is 0 Å². The highest BCUT2D eigenvalue weighted by Gasteiger charge is 2.37. The van der Waals surface area contributed by atoms with Crippen molar-refractivity contribution in [2.24, 2.45) is 5.92 Å². The summed E-state index contributed by atoms with van der Waals surface area (Å²) in [6, 6.07) is 7.47. The van der Waals surface area contributed by atoms with Gasteiger partial charge in [-0.15, -0.1) is 0 Å². The van der Waals surface area contributed by atoms with Crippen molar-refractivity contribution in [2.75, 3.05) is 19.6 Å². The summed E-state index contributed by atoms with van der Waals surface area (Å²) in [5.41, 5.74) is 1.30. The summed E-state index contributed by atoms with van der Waals surface area (Å²) in [6.45, 7) is 5.31. The zero-order valence-corrected chi connectivity index (χ0v) is 12.8. The van der Waals surface area contributed by atoms with Crippen LogP contribution in [-0.4, -0.2) is 46.5 Å². The fourth-order valence-corrected chi connectivity index (χ4v) is 3.38. The Morgan fingerprint density at radius 1 is 1.45 bits per heavy atom.